The molecule has 2 fully saturated rings. The van der Waals surface area contributed by atoms with E-state index < -0.39 is 0 Å². The fourth-order valence-electron chi connectivity index (χ4n) is 4.20. The summed E-state index contributed by atoms with van der Waals surface area (Å²) >= 11 is 0. The highest BCUT2D eigenvalue weighted by Crippen LogP contribution is 2.34. The number of likely N-dealkylation sites (tertiary alicyclic amines) is 1. The minimum absolute atomic E-state index is 0.173. The van der Waals surface area contributed by atoms with Crippen LogP contribution in [0.2, 0.25) is 0 Å². The summed E-state index contributed by atoms with van der Waals surface area (Å²) in [5.74, 6) is 1.42. The number of rotatable bonds is 5. The van der Waals surface area contributed by atoms with E-state index in [2.05, 4.69) is 31.6 Å². The maximum Gasteiger partial charge on any atom is 0.148 e. The number of piperidine rings is 1. The van der Waals surface area contributed by atoms with Crippen molar-refractivity contribution in [1.29, 1.82) is 0 Å². The van der Waals surface area contributed by atoms with Gasteiger partial charge >= 0.3 is 0 Å². The standard InChI is InChI=1S/C19H28N6O/c1-24-17(6-10-21-24)19-15(4-3-13-26-19)14-25-11-7-16(8-12-25)22-18-5-2-9-20-23-18/h2,5-6,9-10,15-16,19H,3-4,7-8,11-14H2,1H3,(H,22,23)/t15-,19+/m0/s1. The number of hydrogen-bond donors (Lipinski definition) is 1. The van der Waals surface area contributed by atoms with Gasteiger partial charge in [0.05, 0.1) is 5.69 Å². The van der Waals surface area contributed by atoms with E-state index in [4.69, 9.17) is 4.74 Å². The molecule has 0 bridgehead atoms. The van der Waals surface area contributed by atoms with Gasteiger partial charge in [-0.2, -0.15) is 10.2 Å². The molecule has 2 aliphatic rings. The van der Waals surface area contributed by atoms with Crippen molar-refractivity contribution in [2.75, 3.05) is 31.6 Å². The molecule has 7 nitrogen and oxygen atoms in total. The highest BCUT2D eigenvalue weighted by Gasteiger charge is 2.32. The number of nitrogens with one attached hydrogen (secondary N) is 1. The van der Waals surface area contributed by atoms with Crippen LogP contribution >= 0.6 is 0 Å². The van der Waals surface area contributed by atoms with Crippen molar-refractivity contribution in [3.63, 3.8) is 0 Å². The third kappa shape index (κ3) is 4.04. The summed E-state index contributed by atoms with van der Waals surface area (Å²) in [4.78, 5) is 2.59. The predicted octanol–water partition coefficient (Wildman–Crippen LogP) is 2.25. The van der Waals surface area contributed by atoms with Crippen molar-refractivity contribution in [2.45, 2.75) is 37.8 Å². The van der Waals surface area contributed by atoms with Gasteiger partial charge in [-0.1, -0.05) is 0 Å². The molecule has 4 rings (SSSR count). The highest BCUT2D eigenvalue weighted by atomic mass is 16.5. The Balaban J connectivity index is 1.31. The minimum Gasteiger partial charge on any atom is -0.372 e. The summed E-state index contributed by atoms with van der Waals surface area (Å²) in [6.45, 7) is 4.20. The summed E-state index contributed by atoms with van der Waals surface area (Å²) in [5, 5.41) is 15.9. The molecule has 0 amide bonds. The minimum atomic E-state index is 0.173. The molecule has 2 aromatic rings. The van der Waals surface area contributed by atoms with Crippen molar-refractivity contribution in [3.8, 4) is 0 Å². The van der Waals surface area contributed by atoms with E-state index in [1.807, 2.05) is 30.1 Å². The number of anilines is 1. The lowest BCUT2D eigenvalue weighted by molar-refractivity contribution is -0.0447. The molecular formula is C19H28N6O. The van der Waals surface area contributed by atoms with Gasteiger partial charge in [0, 0.05) is 57.6 Å². The summed E-state index contributed by atoms with van der Waals surface area (Å²) in [6, 6.07) is 6.49. The van der Waals surface area contributed by atoms with Crippen molar-refractivity contribution in [1.82, 2.24) is 24.9 Å². The van der Waals surface area contributed by atoms with E-state index in [9.17, 15) is 0 Å². The van der Waals surface area contributed by atoms with Gasteiger partial charge in [0.2, 0.25) is 0 Å². The molecule has 1 N–H and O–H groups in total. The molecule has 4 heterocycles. The van der Waals surface area contributed by atoms with E-state index >= 15 is 0 Å². The summed E-state index contributed by atoms with van der Waals surface area (Å²) in [5.41, 5.74) is 1.20. The first-order valence-electron chi connectivity index (χ1n) is 9.65. The lowest BCUT2D eigenvalue weighted by Crippen LogP contribution is -2.43. The van der Waals surface area contributed by atoms with Gasteiger partial charge in [0.15, 0.2) is 0 Å². The largest absolute Gasteiger partial charge is 0.372 e. The Bertz CT molecular complexity index is 682. The highest BCUT2D eigenvalue weighted by molar-refractivity contribution is 5.33. The van der Waals surface area contributed by atoms with Crippen LogP contribution in [-0.2, 0) is 11.8 Å². The molecule has 2 aromatic heterocycles. The average Bonchev–Trinajstić information content (AvgIpc) is 3.10. The maximum atomic E-state index is 6.14. The van der Waals surface area contributed by atoms with Crippen molar-refractivity contribution in [2.24, 2.45) is 13.0 Å². The van der Waals surface area contributed by atoms with Gasteiger partial charge in [-0.15, -0.1) is 5.10 Å². The Hall–Kier alpha value is -1.99. The zero-order chi connectivity index (χ0) is 17.8. The van der Waals surface area contributed by atoms with Crippen LogP contribution in [0.1, 0.15) is 37.5 Å². The van der Waals surface area contributed by atoms with Gasteiger partial charge in [-0.3, -0.25) is 4.68 Å². The first-order chi connectivity index (χ1) is 12.8. The molecule has 0 unspecified atom stereocenters. The van der Waals surface area contributed by atoms with E-state index in [0.717, 1.165) is 51.3 Å². The van der Waals surface area contributed by atoms with Crippen LogP contribution < -0.4 is 5.32 Å². The van der Waals surface area contributed by atoms with Crippen LogP contribution in [-0.4, -0.2) is 57.2 Å². The molecule has 26 heavy (non-hydrogen) atoms. The molecular weight excluding hydrogens is 328 g/mol. The fraction of sp³-hybridized carbons (Fsp3) is 0.632. The van der Waals surface area contributed by atoms with Gasteiger partial charge in [0.1, 0.15) is 11.9 Å². The lowest BCUT2D eigenvalue weighted by Gasteiger charge is -2.38. The maximum absolute atomic E-state index is 6.14. The zero-order valence-electron chi connectivity index (χ0n) is 15.4. The zero-order valence-corrected chi connectivity index (χ0v) is 15.4. The first-order valence-corrected chi connectivity index (χ1v) is 9.65. The van der Waals surface area contributed by atoms with E-state index in [0.29, 0.717) is 12.0 Å². The van der Waals surface area contributed by atoms with Crippen LogP contribution in [0.4, 0.5) is 5.82 Å². The molecule has 2 aliphatic heterocycles. The summed E-state index contributed by atoms with van der Waals surface area (Å²) < 4.78 is 8.10. The van der Waals surface area contributed by atoms with Crippen molar-refractivity contribution in [3.05, 3.63) is 36.3 Å². The Morgan fingerprint density at radius 2 is 2.08 bits per heavy atom. The number of aryl methyl sites for hydroxylation is 1. The predicted molar refractivity (Wildman–Crippen MR) is 99.7 cm³/mol. The SMILES string of the molecule is Cn1nccc1[C@@H]1OCCC[C@H]1CN1CCC(Nc2cccnn2)CC1. The molecule has 0 saturated carbocycles. The quantitative estimate of drug-likeness (QED) is 0.886. The second-order valence-corrected chi connectivity index (χ2v) is 7.40. The van der Waals surface area contributed by atoms with Crippen molar-refractivity contribution >= 4 is 5.82 Å². The van der Waals surface area contributed by atoms with E-state index in [1.54, 1.807) is 6.20 Å². The average molecular weight is 356 g/mol. The second kappa shape index (κ2) is 8.14. The first kappa shape index (κ1) is 17.4. The summed E-state index contributed by atoms with van der Waals surface area (Å²) in [6.07, 6.45) is 8.41. The normalized spacial score (nSPS) is 25.3. The number of nitrogens with zero attached hydrogens (tertiary/aromatic N) is 5. The van der Waals surface area contributed by atoms with Crippen LogP contribution in [0, 0.1) is 5.92 Å². The molecule has 0 spiro atoms. The molecule has 2 saturated heterocycles. The van der Waals surface area contributed by atoms with Gasteiger partial charge < -0.3 is 15.0 Å². The second-order valence-electron chi connectivity index (χ2n) is 7.40. The Morgan fingerprint density at radius 1 is 1.19 bits per heavy atom. The lowest BCUT2D eigenvalue weighted by atomic mass is 9.90. The smallest absolute Gasteiger partial charge is 0.148 e. The number of ether oxygens (including phenoxy) is 1. The Labute approximate surface area is 154 Å². The van der Waals surface area contributed by atoms with Crippen LogP contribution in [0.5, 0.6) is 0 Å². The summed E-state index contributed by atoms with van der Waals surface area (Å²) in [7, 11) is 2.01. The molecule has 7 heteroatoms. The third-order valence-corrected chi connectivity index (χ3v) is 5.60. The van der Waals surface area contributed by atoms with Gasteiger partial charge in [-0.05, 0) is 43.9 Å². The van der Waals surface area contributed by atoms with E-state index in [-0.39, 0.29) is 6.10 Å². The molecule has 0 aromatic carbocycles. The fourth-order valence-corrected chi connectivity index (χ4v) is 4.20. The van der Waals surface area contributed by atoms with Crippen LogP contribution in [0.3, 0.4) is 0 Å². The third-order valence-electron chi connectivity index (χ3n) is 5.60. The van der Waals surface area contributed by atoms with E-state index in [1.165, 1.54) is 12.1 Å². The van der Waals surface area contributed by atoms with Gasteiger partial charge in [-0.25, -0.2) is 0 Å². The van der Waals surface area contributed by atoms with Crippen LogP contribution in [0.15, 0.2) is 30.6 Å². The topological polar surface area (TPSA) is 68.1 Å². The Morgan fingerprint density at radius 3 is 2.81 bits per heavy atom. The molecule has 2 atom stereocenters. The van der Waals surface area contributed by atoms with Gasteiger partial charge in [0.25, 0.3) is 0 Å². The Kier molecular flexibility index (Phi) is 5.45. The molecule has 140 valence electrons. The van der Waals surface area contributed by atoms with Crippen LogP contribution in [0.25, 0.3) is 0 Å². The number of aromatic nitrogens is 4. The van der Waals surface area contributed by atoms with Crippen molar-refractivity contribution < 1.29 is 4.74 Å². The number of hydrogen-bond acceptors (Lipinski definition) is 6. The molecule has 0 radical (unpaired) electrons. The monoisotopic (exact) mass is 356 g/mol. The molecule has 0 aliphatic carbocycles.